The minimum absolute atomic E-state index is 0.291. The highest BCUT2D eigenvalue weighted by molar-refractivity contribution is 8.21. The quantitative estimate of drug-likeness (QED) is 0.298. The Kier molecular flexibility index (Phi) is 9.24. The van der Waals surface area contributed by atoms with Gasteiger partial charge in [0.15, 0.2) is 0 Å². The highest BCUT2D eigenvalue weighted by Crippen LogP contribution is 2.63. The maximum atomic E-state index is 14.3. The molecule has 7 heteroatoms. The van der Waals surface area contributed by atoms with E-state index in [1.807, 2.05) is 99.6 Å². The van der Waals surface area contributed by atoms with Gasteiger partial charge in [-0.25, -0.2) is 0 Å². The number of hydrogen-bond acceptors (Lipinski definition) is 4. The molecule has 1 atom stereocenters. The fraction of sp³-hybridized carbons (Fsp3) is 0.308. The van der Waals surface area contributed by atoms with Gasteiger partial charge in [-0.1, -0.05) is 103 Å². The summed E-state index contributed by atoms with van der Waals surface area (Å²) in [4.78, 5) is 0. The molecule has 0 saturated heterocycles. The normalized spacial score (nSPS) is 14.0. The molecule has 0 bridgehead atoms. The van der Waals surface area contributed by atoms with Gasteiger partial charge in [0.25, 0.3) is 0 Å². The zero-order valence-electron chi connectivity index (χ0n) is 19.5. The van der Waals surface area contributed by atoms with Gasteiger partial charge in [0, 0.05) is 10.6 Å². The summed E-state index contributed by atoms with van der Waals surface area (Å²) in [7, 11) is -3.57. The lowest BCUT2D eigenvalue weighted by molar-refractivity contribution is 0.193. The Morgan fingerprint density at radius 3 is 1.64 bits per heavy atom. The molecule has 3 rings (SSSR count). The van der Waals surface area contributed by atoms with Gasteiger partial charge >= 0.3 is 7.60 Å². The van der Waals surface area contributed by atoms with Crippen LogP contribution in [0.2, 0.25) is 0 Å². The fourth-order valence-corrected chi connectivity index (χ4v) is 10.6. The molecule has 3 aromatic rings. The molecule has 0 radical (unpaired) electrons. The third kappa shape index (κ3) is 6.11. The Morgan fingerprint density at radius 2 is 1.21 bits per heavy atom. The topological polar surface area (TPSA) is 47.6 Å². The van der Waals surface area contributed by atoms with Crippen LogP contribution in [0.5, 0.6) is 0 Å². The molecular weight excluding hydrogens is 468 g/mol. The molecule has 0 aliphatic carbocycles. The monoisotopic (exact) mass is 501 g/mol. The number of benzene rings is 3. The molecule has 176 valence electrons. The van der Waals surface area contributed by atoms with E-state index in [0.717, 1.165) is 16.2 Å². The zero-order chi connectivity index (χ0) is 23.8. The molecule has 0 aliphatic heterocycles. The standard InChI is InChI=1S/C26H33NO3P2S/c1-4-29-32(28,30-5-2)26(3,22-21-23-15-9-6-10-16-23)27-31(33,24-17-11-7-12-18-24)25-19-13-8-14-20-25/h6-20H,4-5,21-22H2,1-3H3,(H,27,33)/t26-/m1/s1. The van der Waals surface area contributed by atoms with Crippen molar-refractivity contribution in [3.8, 4) is 0 Å². The van der Waals surface area contributed by atoms with E-state index < -0.39 is 19.1 Å². The molecule has 0 amide bonds. The lowest BCUT2D eigenvalue weighted by Gasteiger charge is -2.41. The van der Waals surface area contributed by atoms with Gasteiger partial charge < -0.3 is 9.05 Å². The molecule has 0 fully saturated rings. The van der Waals surface area contributed by atoms with Crippen molar-refractivity contribution in [1.82, 2.24) is 5.09 Å². The second-order valence-corrected chi connectivity index (χ2v) is 14.6. The Hall–Kier alpha value is -1.58. The zero-order valence-corrected chi connectivity index (χ0v) is 22.1. The van der Waals surface area contributed by atoms with Crippen LogP contribution in [0.25, 0.3) is 0 Å². The van der Waals surface area contributed by atoms with Crippen LogP contribution in [-0.4, -0.2) is 18.5 Å². The third-order valence-electron chi connectivity index (χ3n) is 5.58. The van der Waals surface area contributed by atoms with Crippen LogP contribution in [0.3, 0.4) is 0 Å². The van der Waals surface area contributed by atoms with Crippen molar-refractivity contribution in [2.45, 2.75) is 38.9 Å². The van der Waals surface area contributed by atoms with E-state index in [9.17, 15) is 4.57 Å². The van der Waals surface area contributed by atoms with Crippen molar-refractivity contribution >= 4 is 36.2 Å². The van der Waals surface area contributed by atoms with E-state index in [1.54, 1.807) is 0 Å². The second kappa shape index (κ2) is 11.7. The predicted octanol–water partition coefficient (Wildman–Crippen LogP) is 6.24. The summed E-state index contributed by atoms with van der Waals surface area (Å²) < 4.78 is 26.0. The first-order valence-electron chi connectivity index (χ1n) is 11.3. The third-order valence-corrected chi connectivity index (χ3v) is 12.9. The maximum absolute atomic E-state index is 14.3. The van der Waals surface area contributed by atoms with Gasteiger partial charge in [0.1, 0.15) is 5.28 Å². The van der Waals surface area contributed by atoms with E-state index >= 15 is 0 Å². The van der Waals surface area contributed by atoms with E-state index in [-0.39, 0.29) is 0 Å². The molecule has 3 aromatic carbocycles. The van der Waals surface area contributed by atoms with Crippen molar-refractivity contribution in [1.29, 1.82) is 0 Å². The van der Waals surface area contributed by atoms with Gasteiger partial charge in [-0.3, -0.25) is 9.65 Å². The minimum atomic E-state index is -3.57. The summed E-state index contributed by atoms with van der Waals surface area (Å²) in [6.07, 6.45) is -1.30. The van der Waals surface area contributed by atoms with Crippen LogP contribution in [-0.2, 0) is 31.8 Å². The first-order valence-corrected chi connectivity index (χ1v) is 15.7. The molecule has 4 nitrogen and oxygen atoms in total. The van der Waals surface area contributed by atoms with Crippen LogP contribution < -0.4 is 15.7 Å². The van der Waals surface area contributed by atoms with Gasteiger partial charge in [-0.05, 0) is 39.2 Å². The first-order chi connectivity index (χ1) is 15.9. The molecule has 0 spiro atoms. The number of hydrogen-bond donors (Lipinski definition) is 1. The summed E-state index contributed by atoms with van der Waals surface area (Å²) in [5.74, 6) is 0. The highest BCUT2D eigenvalue weighted by Gasteiger charge is 2.49. The van der Waals surface area contributed by atoms with Crippen molar-refractivity contribution in [3.63, 3.8) is 0 Å². The van der Waals surface area contributed by atoms with Crippen LogP contribution in [0, 0.1) is 0 Å². The molecule has 0 heterocycles. The lowest BCUT2D eigenvalue weighted by Crippen LogP contribution is -2.45. The van der Waals surface area contributed by atoms with Crippen LogP contribution in [0.1, 0.15) is 32.8 Å². The van der Waals surface area contributed by atoms with E-state index in [4.69, 9.17) is 20.9 Å². The van der Waals surface area contributed by atoms with E-state index in [0.29, 0.717) is 26.1 Å². The van der Waals surface area contributed by atoms with Crippen molar-refractivity contribution in [3.05, 3.63) is 96.6 Å². The smallest absolute Gasteiger partial charge is 0.308 e. The lowest BCUT2D eigenvalue weighted by atomic mass is 10.1. The molecule has 0 unspecified atom stereocenters. The molecule has 0 aromatic heterocycles. The van der Waals surface area contributed by atoms with Crippen LogP contribution in [0.4, 0.5) is 0 Å². The Balaban J connectivity index is 2.11. The fourth-order valence-electron chi connectivity index (χ4n) is 3.84. The average molecular weight is 502 g/mol. The maximum Gasteiger partial charge on any atom is 0.350 e. The molecule has 0 saturated carbocycles. The Morgan fingerprint density at radius 1 is 0.788 bits per heavy atom. The predicted molar refractivity (Wildman–Crippen MR) is 144 cm³/mol. The number of rotatable bonds is 12. The van der Waals surface area contributed by atoms with Gasteiger partial charge in [0.05, 0.1) is 19.4 Å². The summed E-state index contributed by atoms with van der Waals surface area (Å²) in [6, 6.07) is 30.3. The molecule has 1 N–H and O–H groups in total. The SMILES string of the molecule is CCOP(=O)(OCC)[C@](C)(CCc1ccccc1)NP(=S)(c1ccccc1)c1ccccc1. The van der Waals surface area contributed by atoms with Gasteiger partial charge in [-0.15, -0.1) is 0 Å². The molecular formula is C26H33NO3P2S. The van der Waals surface area contributed by atoms with Gasteiger partial charge in [-0.2, -0.15) is 0 Å². The average Bonchev–Trinajstić information content (AvgIpc) is 2.85. The summed E-state index contributed by atoms with van der Waals surface area (Å²) in [5, 5.41) is 4.76. The summed E-state index contributed by atoms with van der Waals surface area (Å²) in [6.45, 7) is 6.20. The number of aryl methyl sites for hydroxylation is 1. The van der Waals surface area contributed by atoms with Gasteiger partial charge in [0.2, 0.25) is 0 Å². The molecule has 0 aliphatic rings. The van der Waals surface area contributed by atoms with Crippen molar-refractivity contribution < 1.29 is 13.6 Å². The van der Waals surface area contributed by atoms with E-state index in [2.05, 4.69) is 17.2 Å². The number of nitrogens with one attached hydrogen (secondary N) is 1. The summed E-state index contributed by atoms with van der Waals surface area (Å²) in [5.41, 5.74) is 1.16. The van der Waals surface area contributed by atoms with Crippen molar-refractivity contribution in [2.24, 2.45) is 0 Å². The van der Waals surface area contributed by atoms with E-state index in [1.165, 1.54) is 0 Å². The first kappa shape index (κ1) is 26.0. The summed E-state index contributed by atoms with van der Waals surface area (Å²) >= 11 is 6.42. The second-order valence-electron chi connectivity index (χ2n) is 7.98. The Labute approximate surface area is 203 Å². The minimum Gasteiger partial charge on any atom is -0.308 e. The Bertz CT molecular complexity index is 1040. The largest absolute Gasteiger partial charge is 0.350 e. The molecule has 33 heavy (non-hydrogen) atoms. The highest BCUT2D eigenvalue weighted by atomic mass is 32.4. The van der Waals surface area contributed by atoms with Crippen LogP contribution >= 0.6 is 13.8 Å². The van der Waals surface area contributed by atoms with Crippen LogP contribution in [0.15, 0.2) is 91.0 Å². The van der Waals surface area contributed by atoms with Crippen molar-refractivity contribution in [2.75, 3.05) is 13.2 Å².